The lowest BCUT2D eigenvalue weighted by molar-refractivity contribution is 0.0600. The van der Waals surface area contributed by atoms with Crippen LogP contribution in [-0.2, 0) is 4.74 Å². The maximum Gasteiger partial charge on any atom is 0.337 e. The third-order valence-corrected chi connectivity index (χ3v) is 7.96. The van der Waals surface area contributed by atoms with Crippen molar-refractivity contribution in [3.05, 3.63) is 107 Å². The van der Waals surface area contributed by atoms with Gasteiger partial charge in [0.05, 0.1) is 25.5 Å². The molecule has 4 aromatic rings. The van der Waals surface area contributed by atoms with Gasteiger partial charge in [-0.2, -0.15) is 0 Å². The minimum Gasteiger partial charge on any atom is -0.495 e. The number of rotatable bonds is 8. The van der Waals surface area contributed by atoms with Crippen molar-refractivity contribution >= 4 is 40.7 Å². The molecule has 2 N–H and O–H groups in total. The number of benzene rings is 4. The van der Waals surface area contributed by atoms with E-state index in [1.165, 1.54) is 49.0 Å². The Labute approximate surface area is 247 Å². The van der Waals surface area contributed by atoms with Crippen molar-refractivity contribution in [2.24, 2.45) is 0 Å². The van der Waals surface area contributed by atoms with Crippen LogP contribution in [0.3, 0.4) is 0 Å². The molecule has 1 aliphatic carbocycles. The monoisotopic (exact) mass is 572 g/mol. The second-order valence-corrected chi connectivity index (χ2v) is 10.5. The second kappa shape index (κ2) is 13.7. The van der Waals surface area contributed by atoms with Crippen molar-refractivity contribution in [2.75, 3.05) is 19.5 Å². The van der Waals surface area contributed by atoms with E-state index in [1.54, 1.807) is 18.2 Å². The summed E-state index contributed by atoms with van der Waals surface area (Å²) in [5.41, 5.74) is 3.89. The van der Waals surface area contributed by atoms with Crippen molar-refractivity contribution in [1.29, 1.82) is 0 Å². The van der Waals surface area contributed by atoms with Crippen molar-refractivity contribution in [1.82, 2.24) is 5.32 Å². The summed E-state index contributed by atoms with van der Waals surface area (Å²) in [5, 5.41) is 9.35. The predicted octanol–water partition coefficient (Wildman–Crippen LogP) is 7.69. The van der Waals surface area contributed by atoms with Crippen LogP contribution in [0.1, 0.15) is 76.4 Å². The molecule has 1 aliphatic rings. The van der Waals surface area contributed by atoms with Gasteiger partial charge in [-0.05, 0) is 84.3 Å². The first-order chi connectivity index (χ1) is 19.5. The highest BCUT2D eigenvalue weighted by atomic mass is 35.5. The van der Waals surface area contributed by atoms with Crippen LogP contribution < -0.4 is 15.4 Å². The highest BCUT2D eigenvalue weighted by Gasteiger charge is 2.25. The smallest absolute Gasteiger partial charge is 0.337 e. The van der Waals surface area contributed by atoms with Crippen LogP contribution in [0.15, 0.2) is 84.9 Å². The summed E-state index contributed by atoms with van der Waals surface area (Å²) in [6, 6.07) is 28.5. The molecule has 6 nitrogen and oxygen atoms in total. The number of ether oxygens (including phenoxy) is 2. The fourth-order valence-electron chi connectivity index (χ4n) is 5.87. The number of halogens is 1. The average molecular weight is 573 g/mol. The van der Waals surface area contributed by atoms with E-state index in [0.29, 0.717) is 34.5 Å². The van der Waals surface area contributed by atoms with Crippen molar-refractivity contribution in [3.8, 4) is 5.75 Å². The van der Waals surface area contributed by atoms with Gasteiger partial charge >= 0.3 is 5.97 Å². The third kappa shape index (κ3) is 6.89. The first kappa shape index (κ1) is 30.1. The molecule has 1 saturated carbocycles. The molecular formula is C34H37ClN2O4. The molecule has 0 heterocycles. The predicted molar refractivity (Wildman–Crippen MR) is 166 cm³/mol. The van der Waals surface area contributed by atoms with E-state index >= 15 is 0 Å². The maximum absolute atomic E-state index is 13.0. The standard InChI is InChI=1S/C34H36N2O4.ClH/c1-22(29-13-7-9-24-8-4-5-12-30(24)29)35-28-11-6-10-26(20-28)23-14-16-25(17-15-23)33(37)36-31-21-27(34(38)40-3)18-19-32(31)39-2;/h4-5,7-9,12-19,21-22,26,28,35H,6,10-11,20H2,1-3H3,(H,36,37);1H/t22-,26+,28+;/m1./s1. The largest absolute Gasteiger partial charge is 0.495 e. The quantitative estimate of drug-likeness (QED) is 0.212. The Morgan fingerprint density at radius 1 is 0.878 bits per heavy atom. The lowest BCUT2D eigenvalue weighted by Crippen LogP contribution is -2.35. The Bertz CT molecular complexity index is 1500. The molecule has 0 unspecified atom stereocenters. The maximum atomic E-state index is 13.0. The molecule has 0 aromatic heterocycles. The van der Waals surface area contributed by atoms with Gasteiger partial charge in [0.15, 0.2) is 0 Å². The molecular weight excluding hydrogens is 536 g/mol. The molecule has 3 atom stereocenters. The molecule has 1 fully saturated rings. The van der Waals surface area contributed by atoms with Gasteiger partial charge in [0, 0.05) is 17.6 Å². The van der Waals surface area contributed by atoms with Gasteiger partial charge < -0.3 is 20.1 Å². The molecule has 4 aromatic carbocycles. The van der Waals surface area contributed by atoms with Crippen molar-refractivity contribution < 1.29 is 19.1 Å². The van der Waals surface area contributed by atoms with Crippen LogP contribution >= 0.6 is 12.4 Å². The first-order valence-corrected chi connectivity index (χ1v) is 13.9. The molecule has 0 saturated heterocycles. The molecule has 0 aliphatic heterocycles. The van der Waals surface area contributed by atoms with E-state index < -0.39 is 5.97 Å². The highest BCUT2D eigenvalue weighted by molar-refractivity contribution is 6.05. The third-order valence-electron chi connectivity index (χ3n) is 7.96. The fraction of sp³-hybridized carbons (Fsp3) is 0.294. The van der Waals surface area contributed by atoms with E-state index in [4.69, 9.17) is 9.47 Å². The van der Waals surface area contributed by atoms with Gasteiger partial charge in [-0.25, -0.2) is 4.79 Å². The normalized spacial score (nSPS) is 17.2. The number of carbonyl (C=O) groups is 2. The van der Waals surface area contributed by atoms with Gasteiger partial charge in [-0.1, -0.05) is 61.0 Å². The van der Waals surface area contributed by atoms with Gasteiger partial charge in [0.2, 0.25) is 0 Å². The van der Waals surface area contributed by atoms with Gasteiger partial charge in [0.25, 0.3) is 5.91 Å². The SMILES string of the molecule is COC(=O)c1ccc(OC)c(NC(=O)c2ccc([C@H]3CCC[C@H](N[C@H](C)c4cccc5ccccc45)C3)cc2)c1.Cl. The number of carbonyl (C=O) groups excluding carboxylic acids is 2. The Morgan fingerprint density at radius 3 is 2.37 bits per heavy atom. The average Bonchev–Trinajstić information content (AvgIpc) is 3.00. The molecule has 7 heteroatoms. The van der Waals surface area contributed by atoms with Crippen LogP contribution in [0, 0.1) is 0 Å². The minimum atomic E-state index is -0.478. The van der Waals surface area contributed by atoms with Crippen LogP contribution in [0.5, 0.6) is 5.75 Å². The summed E-state index contributed by atoms with van der Waals surface area (Å²) in [7, 11) is 2.84. The summed E-state index contributed by atoms with van der Waals surface area (Å²) in [6.45, 7) is 2.26. The van der Waals surface area contributed by atoms with Crippen molar-refractivity contribution in [3.63, 3.8) is 0 Å². The first-order valence-electron chi connectivity index (χ1n) is 13.9. The summed E-state index contributed by atoms with van der Waals surface area (Å²) in [5.74, 6) is 0.171. The number of anilines is 1. The molecule has 0 bridgehead atoms. The summed E-state index contributed by atoms with van der Waals surface area (Å²) in [6.07, 6.45) is 4.55. The van der Waals surface area contributed by atoms with E-state index in [1.807, 2.05) is 12.1 Å². The van der Waals surface area contributed by atoms with E-state index in [0.717, 1.165) is 12.8 Å². The van der Waals surface area contributed by atoms with E-state index in [-0.39, 0.29) is 24.4 Å². The summed E-state index contributed by atoms with van der Waals surface area (Å²) < 4.78 is 10.2. The highest BCUT2D eigenvalue weighted by Crippen LogP contribution is 2.35. The van der Waals surface area contributed by atoms with Crippen LogP contribution in [-0.4, -0.2) is 32.1 Å². The topological polar surface area (TPSA) is 76.7 Å². The molecule has 41 heavy (non-hydrogen) atoms. The lowest BCUT2D eigenvalue weighted by atomic mass is 9.80. The molecule has 5 rings (SSSR count). The van der Waals surface area contributed by atoms with E-state index in [2.05, 4.69) is 72.2 Å². The van der Waals surface area contributed by atoms with Crippen LogP contribution in [0.2, 0.25) is 0 Å². The van der Waals surface area contributed by atoms with Gasteiger partial charge in [0.1, 0.15) is 5.75 Å². The lowest BCUT2D eigenvalue weighted by Gasteiger charge is -2.32. The fourth-order valence-corrected chi connectivity index (χ4v) is 5.87. The summed E-state index contributed by atoms with van der Waals surface area (Å²) in [4.78, 5) is 25.0. The van der Waals surface area contributed by atoms with Crippen LogP contribution in [0.4, 0.5) is 5.69 Å². The zero-order chi connectivity index (χ0) is 28.1. The molecule has 0 radical (unpaired) electrons. The number of hydrogen-bond acceptors (Lipinski definition) is 5. The number of amides is 1. The van der Waals surface area contributed by atoms with Crippen LogP contribution in [0.25, 0.3) is 10.8 Å². The Kier molecular flexibility index (Phi) is 10.0. The van der Waals surface area contributed by atoms with Crippen molar-refractivity contribution in [2.45, 2.75) is 50.6 Å². The molecule has 0 spiro atoms. The minimum absolute atomic E-state index is 0. The second-order valence-electron chi connectivity index (χ2n) is 10.5. The Balaban J connectivity index is 0.00000387. The summed E-state index contributed by atoms with van der Waals surface area (Å²) >= 11 is 0. The zero-order valence-electron chi connectivity index (χ0n) is 23.7. The van der Waals surface area contributed by atoms with E-state index in [9.17, 15) is 9.59 Å². The molecule has 1 amide bonds. The molecule has 214 valence electrons. The number of nitrogens with one attached hydrogen (secondary N) is 2. The Hall–Kier alpha value is -3.87. The number of fused-ring (bicyclic) bond motifs is 1. The van der Waals surface area contributed by atoms with Gasteiger partial charge in [-0.15, -0.1) is 12.4 Å². The zero-order valence-corrected chi connectivity index (χ0v) is 24.5. The number of methoxy groups -OCH3 is 2. The number of esters is 1. The van der Waals surface area contributed by atoms with Gasteiger partial charge in [-0.3, -0.25) is 4.79 Å². The Morgan fingerprint density at radius 2 is 1.61 bits per heavy atom. The number of hydrogen-bond donors (Lipinski definition) is 2.